The molecule has 19 heavy (non-hydrogen) atoms. The van der Waals surface area contributed by atoms with Gasteiger partial charge in [-0.05, 0) is 30.9 Å². The van der Waals surface area contributed by atoms with Crippen LogP contribution in [0.3, 0.4) is 0 Å². The van der Waals surface area contributed by atoms with E-state index in [2.05, 4.69) is 6.92 Å². The predicted molar refractivity (Wildman–Crippen MR) is 79.1 cm³/mol. The van der Waals surface area contributed by atoms with Gasteiger partial charge in [0.15, 0.2) is 0 Å². The average molecular weight is 322 g/mol. The minimum Gasteiger partial charge on any atom is -0.212 e. The third kappa shape index (κ3) is 3.63. The van der Waals surface area contributed by atoms with Crippen LogP contribution in [0.15, 0.2) is 18.2 Å². The minimum absolute atomic E-state index is 0.125. The molecule has 0 bridgehead atoms. The quantitative estimate of drug-likeness (QED) is 0.853. The number of piperidine rings is 1. The van der Waals surface area contributed by atoms with Gasteiger partial charge in [0.05, 0.1) is 5.75 Å². The van der Waals surface area contributed by atoms with Crippen LogP contribution in [0.2, 0.25) is 10.0 Å². The Morgan fingerprint density at radius 2 is 1.74 bits per heavy atom. The van der Waals surface area contributed by atoms with E-state index in [4.69, 9.17) is 23.2 Å². The first-order valence-electron chi connectivity index (χ1n) is 6.31. The smallest absolute Gasteiger partial charge is 0.212 e. The van der Waals surface area contributed by atoms with E-state index >= 15 is 0 Å². The molecule has 1 aromatic carbocycles. The van der Waals surface area contributed by atoms with Gasteiger partial charge in [0.1, 0.15) is 0 Å². The molecule has 0 aliphatic carbocycles. The number of hydrogen-bond acceptors (Lipinski definition) is 2. The van der Waals surface area contributed by atoms with Crippen LogP contribution in [0, 0.1) is 5.92 Å². The third-order valence-electron chi connectivity index (χ3n) is 3.52. The van der Waals surface area contributed by atoms with Crippen LogP contribution in [0.5, 0.6) is 0 Å². The van der Waals surface area contributed by atoms with Crippen molar-refractivity contribution in [2.75, 3.05) is 13.1 Å². The van der Waals surface area contributed by atoms with Crippen LogP contribution in [-0.2, 0) is 15.8 Å². The van der Waals surface area contributed by atoms with Gasteiger partial charge in [-0.1, -0.05) is 36.2 Å². The van der Waals surface area contributed by atoms with Crippen LogP contribution in [0.1, 0.15) is 25.3 Å². The Hall–Kier alpha value is -0.290. The SMILES string of the molecule is CC1CCN(S(=O)(=O)Cc2c(Cl)cccc2Cl)CC1. The molecule has 0 unspecified atom stereocenters. The summed E-state index contributed by atoms with van der Waals surface area (Å²) in [6.45, 7) is 3.33. The van der Waals surface area contributed by atoms with E-state index in [1.165, 1.54) is 0 Å². The largest absolute Gasteiger partial charge is 0.218 e. The number of sulfonamides is 1. The third-order valence-corrected chi connectivity index (χ3v) is 6.04. The molecule has 2 rings (SSSR count). The normalized spacial score (nSPS) is 18.7. The highest BCUT2D eigenvalue weighted by Crippen LogP contribution is 2.28. The predicted octanol–water partition coefficient (Wildman–Crippen LogP) is 3.56. The summed E-state index contributed by atoms with van der Waals surface area (Å²) in [6, 6.07) is 5.04. The van der Waals surface area contributed by atoms with Crippen LogP contribution in [0.25, 0.3) is 0 Å². The average Bonchev–Trinajstić information content (AvgIpc) is 2.35. The molecule has 0 N–H and O–H groups in total. The summed E-state index contributed by atoms with van der Waals surface area (Å²) in [5, 5.41) is 0.808. The van der Waals surface area contributed by atoms with Gasteiger partial charge >= 0.3 is 0 Å². The number of hydrogen-bond donors (Lipinski definition) is 0. The summed E-state index contributed by atoms with van der Waals surface area (Å²) in [5.74, 6) is 0.468. The Morgan fingerprint density at radius 1 is 1.21 bits per heavy atom. The van der Waals surface area contributed by atoms with Gasteiger partial charge in [-0.2, -0.15) is 0 Å². The molecule has 1 fully saturated rings. The van der Waals surface area contributed by atoms with Gasteiger partial charge in [-0.15, -0.1) is 0 Å². The lowest BCUT2D eigenvalue weighted by atomic mass is 10.0. The van der Waals surface area contributed by atoms with E-state index in [1.807, 2.05) is 0 Å². The molecule has 0 radical (unpaired) electrons. The Kier molecular flexibility index (Phi) is 4.77. The highest BCUT2D eigenvalue weighted by molar-refractivity contribution is 7.88. The summed E-state index contributed by atoms with van der Waals surface area (Å²) in [4.78, 5) is 0. The number of halogens is 2. The second kappa shape index (κ2) is 6.00. The summed E-state index contributed by atoms with van der Waals surface area (Å²) in [5.41, 5.74) is 0.490. The van der Waals surface area contributed by atoms with Crippen molar-refractivity contribution in [2.24, 2.45) is 5.92 Å². The lowest BCUT2D eigenvalue weighted by molar-refractivity contribution is 0.287. The summed E-state index contributed by atoms with van der Waals surface area (Å²) in [6.07, 6.45) is 1.82. The highest BCUT2D eigenvalue weighted by Gasteiger charge is 2.27. The van der Waals surface area contributed by atoms with Gasteiger partial charge in [0.25, 0.3) is 0 Å². The van der Waals surface area contributed by atoms with Crippen molar-refractivity contribution in [1.82, 2.24) is 4.31 Å². The molecule has 0 saturated carbocycles. The fourth-order valence-electron chi connectivity index (χ4n) is 2.21. The van der Waals surface area contributed by atoms with Crippen molar-refractivity contribution in [3.8, 4) is 0 Å². The van der Waals surface area contributed by atoms with Crippen molar-refractivity contribution >= 4 is 33.2 Å². The molecule has 1 saturated heterocycles. The van der Waals surface area contributed by atoms with Gasteiger partial charge in [-0.3, -0.25) is 0 Å². The monoisotopic (exact) mass is 321 g/mol. The zero-order chi connectivity index (χ0) is 14.0. The van der Waals surface area contributed by atoms with Gasteiger partial charge < -0.3 is 0 Å². The van der Waals surface area contributed by atoms with Crippen LogP contribution in [-0.4, -0.2) is 25.8 Å². The van der Waals surface area contributed by atoms with Crippen molar-refractivity contribution in [3.05, 3.63) is 33.8 Å². The Morgan fingerprint density at radius 3 is 2.26 bits per heavy atom. The molecule has 106 valence electrons. The lowest BCUT2D eigenvalue weighted by Gasteiger charge is -2.29. The molecule has 0 amide bonds. The molecule has 1 aliphatic rings. The zero-order valence-electron chi connectivity index (χ0n) is 10.8. The molecule has 1 heterocycles. The van der Waals surface area contributed by atoms with E-state index < -0.39 is 10.0 Å². The molecule has 0 spiro atoms. The van der Waals surface area contributed by atoms with E-state index in [1.54, 1.807) is 22.5 Å². The second-order valence-corrected chi connectivity index (χ2v) is 7.82. The molecule has 3 nitrogen and oxygen atoms in total. The van der Waals surface area contributed by atoms with Crippen molar-refractivity contribution in [2.45, 2.75) is 25.5 Å². The first-order chi connectivity index (χ1) is 8.90. The van der Waals surface area contributed by atoms with E-state index in [9.17, 15) is 8.42 Å². The molecule has 1 aromatic rings. The second-order valence-electron chi connectivity index (χ2n) is 5.04. The lowest BCUT2D eigenvalue weighted by Crippen LogP contribution is -2.38. The molecule has 6 heteroatoms. The molecular weight excluding hydrogens is 305 g/mol. The van der Waals surface area contributed by atoms with Gasteiger partial charge in [0.2, 0.25) is 10.0 Å². The Balaban J connectivity index is 2.17. The first-order valence-corrected chi connectivity index (χ1v) is 8.67. The fourth-order valence-corrected chi connectivity index (χ4v) is 4.52. The summed E-state index contributed by atoms with van der Waals surface area (Å²) < 4.78 is 26.3. The Bertz CT molecular complexity index is 532. The van der Waals surface area contributed by atoms with Crippen LogP contribution in [0.4, 0.5) is 0 Å². The number of rotatable bonds is 3. The Labute approximate surface area is 124 Å². The number of nitrogens with zero attached hydrogens (tertiary/aromatic N) is 1. The van der Waals surface area contributed by atoms with Crippen molar-refractivity contribution in [3.63, 3.8) is 0 Å². The fraction of sp³-hybridized carbons (Fsp3) is 0.538. The maximum Gasteiger partial charge on any atom is 0.218 e. The summed E-state index contributed by atoms with van der Waals surface area (Å²) >= 11 is 12.1. The van der Waals surface area contributed by atoms with Crippen LogP contribution >= 0.6 is 23.2 Å². The van der Waals surface area contributed by atoms with E-state index in [0.717, 1.165) is 12.8 Å². The molecule has 1 aliphatic heterocycles. The van der Waals surface area contributed by atoms with E-state index in [-0.39, 0.29) is 5.75 Å². The zero-order valence-corrected chi connectivity index (χ0v) is 13.1. The first kappa shape index (κ1) is 15.1. The maximum atomic E-state index is 12.4. The summed E-state index contributed by atoms with van der Waals surface area (Å²) in [7, 11) is -3.34. The standard InChI is InChI=1S/C13H17Cl2NO2S/c1-10-5-7-16(8-6-10)19(17,18)9-11-12(14)3-2-4-13(11)15/h2-4,10H,5-9H2,1H3. The molecule has 0 aromatic heterocycles. The highest BCUT2D eigenvalue weighted by atomic mass is 35.5. The van der Waals surface area contributed by atoms with E-state index in [0.29, 0.717) is 34.6 Å². The molecule has 0 atom stereocenters. The molecular formula is C13H17Cl2NO2S. The number of benzene rings is 1. The van der Waals surface area contributed by atoms with Crippen molar-refractivity contribution in [1.29, 1.82) is 0 Å². The minimum atomic E-state index is -3.34. The van der Waals surface area contributed by atoms with Crippen LogP contribution < -0.4 is 0 Å². The van der Waals surface area contributed by atoms with Gasteiger partial charge in [-0.25, -0.2) is 12.7 Å². The maximum absolute atomic E-state index is 12.4. The van der Waals surface area contributed by atoms with Gasteiger partial charge in [0, 0.05) is 28.7 Å². The van der Waals surface area contributed by atoms with Crippen molar-refractivity contribution < 1.29 is 8.42 Å². The topological polar surface area (TPSA) is 37.4 Å².